The molecule has 0 spiro atoms. The zero-order chi connectivity index (χ0) is 11.7. The smallest absolute Gasteiger partial charge is 0.309 e. The molecule has 0 aromatic carbocycles. The Morgan fingerprint density at radius 1 is 1.20 bits per heavy atom. The lowest BCUT2D eigenvalue weighted by molar-refractivity contribution is -0.108. The van der Waals surface area contributed by atoms with E-state index in [2.05, 4.69) is 0 Å². The predicted molar refractivity (Wildman–Crippen MR) is 60.2 cm³/mol. The van der Waals surface area contributed by atoms with Crippen molar-refractivity contribution < 1.29 is 18.4 Å². The Morgan fingerprint density at radius 2 is 1.73 bits per heavy atom. The van der Waals surface area contributed by atoms with Crippen molar-refractivity contribution in [2.45, 2.75) is 45.7 Å². The highest BCUT2D eigenvalue weighted by atomic mass is 31.2. The molecule has 0 saturated heterocycles. The summed E-state index contributed by atoms with van der Waals surface area (Å²) in [7, 11) is -3.09. The molecule has 0 fully saturated rings. The molecule has 90 valence electrons. The number of carbonyl (C=O) groups is 1. The van der Waals surface area contributed by atoms with Crippen LogP contribution in [0.1, 0.15) is 40.0 Å². The minimum absolute atomic E-state index is 0.241. The maximum Gasteiger partial charge on any atom is 0.334 e. The summed E-state index contributed by atoms with van der Waals surface area (Å²) >= 11 is 0. The summed E-state index contributed by atoms with van der Waals surface area (Å²) in [6, 6.07) is 0. The van der Waals surface area contributed by atoms with Crippen molar-refractivity contribution in [1.29, 1.82) is 0 Å². The first-order valence-electron chi connectivity index (χ1n) is 5.47. The Morgan fingerprint density at radius 3 is 2.07 bits per heavy atom. The van der Waals surface area contributed by atoms with E-state index in [1.54, 1.807) is 13.8 Å². The third-order valence-corrected chi connectivity index (χ3v) is 4.66. The molecule has 0 N–H and O–H groups in total. The molecule has 0 rings (SSSR count). The van der Waals surface area contributed by atoms with Crippen molar-refractivity contribution in [3.63, 3.8) is 0 Å². The molecule has 0 saturated carbocycles. The van der Waals surface area contributed by atoms with Crippen molar-refractivity contribution in [2.24, 2.45) is 0 Å². The zero-order valence-corrected chi connectivity index (χ0v) is 10.7. The van der Waals surface area contributed by atoms with E-state index < -0.39 is 7.60 Å². The van der Waals surface area contributed by atoms with Gasteiger partial charge in [0.25, 0.3) is 0 Å². The highest BCUT2D eigenvalue weighted by Crippen LogP contribution is 2.55. The van der Waals surface area contributed by atoms with E-state index in [4.69, 9.17) is 9.05 Å². The monoisotopic (exact) mass is 236 g/mol. The lowest BCUT2D eigenvalue weighted by atomic mass is 10.2. The SMILES string of the molecule is CCCC(CC=O)P(=O)(OCC)OCC. The van der Waals surface area contributed by atoms with Gasteiger partial charge in [-0.05, 0) is 20.3 Å². The molecule has 4 nitrogen and oxygen atoms in total. The Labute approximate surface area is 91.9 Å². The Balaban J connectivity index is 4.63. The van der Waals surface area contributed by atoms with Gasteiger partial charge in [0.15, 0.2) is 0 Å². The maximum absolute atomic E-state index is 12.3. The van der Waals surface area contributed by atoms with Gasteiger partial charge >= 0.3 is 7.60 Å². The topological polar surface area (TPSA) is 52.6 Å². The molecule has 0 aliphatic carbocycles. The Bertz CT molecular complexity index is 207. The van der Waals surface area contributed by atoms with Crippen LogP contribution in [0.5, 0.6) is 0 Å². The molecular formula is C10H21O4P. The van der Waals surface area contributed by atoms with Crippen LogP contribution in [-0.2, 0) is 18.4 Å². The fourth-order valence-electron chi connectivity index (χ4n) is 1.46. The van der Waals surface area contributed by atoms with Gasteiger partial charge in [-0.15, -0.1) is 0 Å². The lowest BCUT2D eigenvalue weighted by Crippen LogP contribution is -2.14. The van der Waals surface area contributed by atoms with Gasteiger partial charge in [0.1, 0.15) is 6.29 Å². The van der Waals surface area contributed by atoms with Crippen molar-refractivity contribution in [1.82, 2.24) is 0 Å². The molecule has 15 heavy (non-hydrogen) atoms. The van der Waals surface area contributed by atoms with Gasteiger partial charge in [0.05, 0.1) is 18.9 Å². The van der Waals surface area contributed by atoms with Crippen LogP contribution < -0.4 is 0 Å². The van der Waals surface area contributed by atoms with Gasteiger partial charge in [0, 0.05) is 6.42 Å². The van der Waals surface area contributed by atoms with Crippen LogP contribution in [0, 0.1) is 0 Å². The van der Waals surface area contributed by atoms with Gasteiger partial charge in [-0.3, -0.25) is 4.57 Å². The minimum Gasteiger partial charge on any atom is -0.309 e. The van der Waals surface area contributed by atoms with E-state index in [1.807, 2.05) is 6.92 Å². The van der Waals surface area contributed by atoms with E-state index in [-0.39, 0.29) is 12.1 Å². The second-order valence-electron chi connectivity index (χ2n) is 3.22. The number of aldehydes is 1. The van der Waals surface area contributed by atoms with E-state index >= 15 is 0 Å². The first-order chi connectivity index (χ1) is 7.14. The fraction of sp³-hybridized carbons (Fsp3) is 0.900. The van der Waals surface area contributed by atoms with Crippen LogP contribution in [-0.4, -0.2) is 25.2 Å². The van der Waals surface area contributed by atoms with Crippen molar-refractivity contribution in [2.75, 3.05) is 13.2 Å². The molecule has 0 radical (unpaired) electrons. The predicted octanol–water partition coefficient (Wildman–Crippen LogP) is 3.01. The zero-order valence-electron chi connectivity index (χ0n) is 9.77. The average molecular weight is 236 g/mol. The molecule has 0 aliphatic heterocycles. The van der Waals surface area contributed by atoms with E-state index in [1.165, 1.54) is 0 Å². The molecule has 0 bridgehead atoms. The number of hydrogen-bond donors (Lipinski definition) is 0. The molecule has 0 heterocycles. The third kappa shape index (κ3) is 4.92. The number of hydrogen-bond acceptors (Lipinski definition) is 4. The van der Waals surface area contributed by atoms with Gasteiger partial charge in [-0.2, -0.15) is 0 Å². The second kappa shape index (κ2) is 8.03. The summed E-state index contributed by atoms with van der Waals surface area (Å²) in [6.07, 6.45) is 2.58. The van der Waals surface area contributed by atoms with Crippen molar-refractivity contribution >= 4 is 13.9 Å². The summed E-state index contributed by atoms with van der Waals surface area (Å²) in [6.45, 7) is 6.22. The Hall–Kier alpha value is -0.180. The quantitative estimate of drug-likeness (QED) is 0.456. The maximum atomic E-state index is 12.3. The van der Waals surface area contributed by atoms with Gasteiger partial charge in [-0.25, -0.2) is 0 Å². The summed E-state index contributed by atoms with van der Waals surface area (Å²) in [5.74, 6) is 0. The van der Waals surface area contributed by atoms with Crippen molar-refractivity contribution in [3.05, 3.63) is 0 Å². The number of carbonyl (C=O) groups excluding carboxylic acids is 1. The van der Waals surface area contributed by atoms with Crippen LogP contribution >= 0.6 is 7.60 Å². The fourth-order valence-corrected chi connectivity index (χ4v) is 3.59. The average Bonchev–Trinajstić information content (AvgIpc) is 2.18. The number of rotatable bonds is 9. The highest BCUT2D eigenvalue weighted by Gasteiger charge is 2.34. The second-order valence-corrected chi connectivity index (χ2v) is 5.55. The summed E-state index contributed by atoms with van der Waals surface area (Å²) in [4.78, 5) is 10.5. The van der Waals surface area contributed by atoms with Crippen LogP contribution in [0.2, 0.25) is 0 Å². The highest BCUT2D eigenvalue weighted by molar-refractivity contribution is 7.54. The van der Waals surface area contributed by atoms with Crippen molar-refractivity contribution in [3.8, 4) is 0 Å². The summed E-state index contributed by atoms with van der Waals surface area (Å²) in [5, 5.41) is 0. The van der Waals surface area contributed by atoms with Crippen LogP contribution in [0.15, 0.2) is 0 Å². The molecule has 0 aliphatic rings. The first kappa shape index (κ1) is 14.8. The molecule has 1 atom stereocenters. The van der Waals surface area contributed by atoms with Gasteiger partial charge < -0.3 is 13.8 Å². The van der Waals surface area contributed by atoms with Crippen LogP contribution in [0.25, 0.3) is 0 Å². The summed E-state index contributed by atoms with van der Waals surface area (Å²) in [5.41, 5.74) is -0.292. The molecule has 0 aromatic rings. The largest absolute Gasteiger partial charge is 0.334 e. The van der Waals surface area contributed by atoms with E-state index in [0.717, 1.165) is 12.7 Å². The molecule has 1 unspecified atom stereocenters. The molecule has 5 heteroatoms. The normalized spacial score (nSPS) is 13.8. The van der Waals surface area contributed by atoms with Crippen LogP contribution in [0.3, 0.4) is 0 Å². The first-order valence-corrected chi connectivity index (χ1v) is 7.08. The van der Waals surface area contributed by atoms with Crippen LogP contribution in [0.4, 0.5) is 0 Å². The molecular weight excluding hydrogens is 215 g/mol. The van der Waals surface area contributed by atoms with E-state index in [9.17, 15) is 9.36 Å². The minimum atomic E-state index is -3.09. The third-order valence-electron chi connectivity index (χ3n) is 2.06. The molecule has 0 aromatic heterocycles. The lowest BCUT2D eigenvalue weighted by Gasteiger charge is -2.24. The van der Waals surface area contributed by atoms with Gasteiger partial charge in [0.2, 0.25) is 0 Å². The molecule has 0 amide bonds. The van der Waals surface area contributed by atoms with E-state index in [0.29, 0.717) is 19.6 Å². The Kier molecular flexibility index (Phi) is 7.93. The standard InChI is InChI=1S/C10H21O4P/c1-4-7-10(8-9-11)15(12,13-5-2)14-6-3/h9-10H,4-8H2,1-3H3. The van der Waals surface area contributed by atoms with Gasteiger partial charge in [-0.1, -0.05) is 13.3 Å². The summed E-state index contributed by atoms with van der Waals surface area (Å²) < 4.78 is 22.7.